The molecule has 31 heavy (non-hydrogen) atoms. The maximum absolute atomic E-state index is 13.8. The first-order chi connectivity index (χ1) is 15.0. The first kappa shape index (κ1) is 20.5. The number of carbonyl (C=O) groups is 1. The van der Waals surface area contributed by atoms with Crippen molar-refractivity contribution in [1.29, 1.82) is 0 Å². The van der Waals surface area contributed by atoms with E-state index in [9.17, 15) is 13.6 Å². The maximum Gasteiger partial charge on any atom is 0.262 e. The Kier molecular flexibility index (Phi) is 5.89. The Balaban J connectivity index is 1.44. The summed E-state index contributed by atoms with van der Waals surface area (Å²) in [5, 5.41) is 10.7. The van der Waals surface area contributed by atoms with Crippen LogP contribution in [0.1, 0.15) is 21.7 Å². The molecule has 0 unspecified atom stereocenters. The molecule has 4 aromatic rings. The third-order valence-corrected chi connectivity index (χ3v) is 4.57. The van der Waals surface area contributed by atoms with Gasteiger partial charge >= 0.3 is 0 Å². The van der Waals surface area contributed by atoms with Gasteiger partial charge in [0.25, 0.3) is 5.91 Å². The molecule has 0 bridgehead atoms. The molecule has 0 aliphatic carbocycles. The van der Waals surface area contributed by atoms with E-state index < -0.39 is 23.1 Å². The van der Waals surface area contributed by atoms with E-state index in [2.05, 4.69) is 25.1 Å². The van der Waals surface area contributed by atoms with Crippen molar-refractivity contribution in [3.8, 4) is 5.75 Å². The highest BCUT2D eigenvalue weighted by Gasteiger charge is 2.18. The summed E-state index contributed by atoms with van der Waals surface area (Å²) in [5.41, 5.74) is 0.0277. The molecule has 11 heteroatoms. The molecule has 1 N–H and O–H groups in total. The normalized spacial score (nSPS) is 10.8. The number of hydrogen-bond donors (Lipinski definition) is 1. The minimum atomic E-state index is -0.957. The van der Waals surface area contributed by atoms with E-state index in [1.54, 1.807) is 24.4 Å². The van der Waals surface area contributed by atoms with Gasteiger partial charge in [-0.25, -0.2) is 8.78 Å². The third-order valence-electron chi connectivity index (χ3n) is 4.20. The molecule has 0 saturated heterocycles. The molecular formula is C20H14ClF2N5O3. The van der Waals surface area contributed by atoms with E-state index in [0.717, 1.165) is 12.1 Å². The van der Waals surface area contributed by atoms with E-state index in [1.165, 1.54) is 23.2 Å². The van der Waals surface area contributed by atoms with Gasteiger partial charge in [0.05, 0.1) is 6.54 Å². The molecule has 0 atom stereocenters. The van der Waals surface area contributed by atoms with Gasteiger partial charge < -0.3 is 14.6 Å². The van der Waals surface area contributed by atoms with Crippen molar-refractivity contribution in [2.24, 2.45) is 0 Å². The number of halogens is 3. The van der Waals surface area contributed by atoms with E-state index >= 15 is 0 Å². The fourth-order valence-corrected chi connectivity index (χ4v) is 2.93. The zero-order valence-corrected chi connectivity index (χ0v) is 16.5. The zero-order valence-electron chi connectivity index (χ0n) is 15.8. The van der Waals surface area contributed by atoms with Crippen LogP contribution in [-0.2, 0) is 13.2 Å². The first-order valence-corrected chi connectivity index (χ1v) is 9.32. The summed E-state index contributed by atoms with van der Waals surface area (Å²) in [6, 6.07) is 9.80. The Morgan fingerprint density at radius 2 is 2.00 bits per heavy atom. The molecule has 0 radical (unpaired) electrons. The van der Waals surface area contributed by atoms with Crippen molar-refractivity contribution in [3.05, 3.63) is 88.7 Å². The average molecular weight is 446 g/mol. The highest BCUT2D eigenvalue weighted by molar-refractivity contribution is 6.31. The predicted molar refractivity (Wildman–Crippen MR) is 106 cm³/mol. The van der Waals surface area contributed by atoms with Gasteiger partial charge in [0.2, 0.25) is 12.2 Å². The zero-order chi connectivity index (χ0) is 21.8. The highest BCUT2D eigenvalue weighted by atomic mass is 35.5. The van der Waals surface area contributed by atoms with Crippen LogP contribution in [0.5, 0.6) is 5.75 Å². The molecule has 0 fully saturated rings. The van der Waals surface area contributed by atoms with Gasteiger partial charge in [0, 0.05) is 17.3 Å². The standard InChI is InChI=1S/C20H14ClF2N5O3/c21-14-5-4-13(30-10-18-24-11-31-27-18)8-12(14)9-28-7-6-17(26-28)25-20(29)19-15(22)2-1-3-16(19)23/h1-8,11H,9-10H2,(H,25,26,29). The lowest BCUT2D eigenvalue weighted by molar-refractivity contribution is 0.101. The molecular weight excluding hydrogens is 432 g/mol. The third kappa shape index (κ3) is 4.86. The van der Waals surface area contributed by atoms with Crippen LogP contribution in [0.25, 0.3) is 0 Å². The van der Waals surface area contributed by atoms with Crippen molar-refractivity contribution in [2.75, 3.05) is 5.32 Å². The van der Waals surface area contributed by atoms with Crippen molar-refractivity contribution in [3.63, 3.8) is 0 Å². The number of nitrogens with one attached hydrogen (secondary N) is 1. The second kappa shape index (κ2) is 8.92. The summed E-state index contributed by atoms with van der Waals surface area (Å²) >= 11 is 6.26. The minimum absolute atomic E-state index is 0.127. The van der Waals surface area contributed by atoms with Crippen LogP contribution in [0.3, 0.4) is 0 Å². The Morgan fingerprint density at radius 3 is 2.74 bits per heavy atom. The Labute approximate surface area is 179 Å². The van der Waals surface area contributed by atoms with Gasteiger partial charge in [-0.2, -0.15) is 10.1 Å². The molecule has 2 heterocycles. The molecule has 0 saturated carbocycles. The molecule has 1 amide bonds. The number of rotatable bonds is 7. The van der Waals surface area contributed by atoms with Crippen LogP contribution in [0.4, 0.5) is 14.6 Å². The Morgan fingerprint density at radius 1 is 1.19 bits per heavy atom. The minimum Gasteiger partial charge on any atom is -0.485 e. The number of ether oxygens (including phenoxy) is 1. The maximum atomic E-state index is 13.8. The van der Waals surface area contributed by atoms with Gasteiger partial charge in [0.1, 0.15) is 22.9 Å². The smallest absolute Gasteiger partial charge is 0.262 e. The van der Waals surface area contributed by atoms with E-state index in [1.807, 2.05) is 0 Å². The second-order valence-electron chi connectivity index (χ2n) is 6.34. The topological polar surface area (TPSA) is 95.1 Å². The SMILES string of the molecule is O=C(Nc1ccn(Cc2cc(OCc3ncon3)ccc2Cl)n1)c1c(F)cccc1F. The van der Waals surface area contributed by atoms with Crippen LogP contribution < -0.4 is 10.1 Å². The van der Waals surface area contributed by atoms with Gasteiger partial charge in [-0.1, -0.05) is 22.8 Å². The molecule has 8 nitrogen and oxygen atoms in total. The molecule has 2 aromatic carbocycles. The summed E-state index contributed by atoms with van der Waals surface area (Å²) in [7, 11) is 0. The summed E-state index contributed by atoms with van der Waals surface area (Å²) in [6.07, 6.45) is 2.80. The van der Waals surface area contributed by atoms with E-state index in [0.29, 0.717) is 22.2 Å². The van der Waals surface area contributed by atoms with Crippen molar-refractivity contribution in [1.82, 2.24) is 19.9 Å². The Hall–Kier alpha value is -3.79. The van der Waals surface area contributed by atoms with Crippen molar-refractivity contribution >= 4 is 23.3 Å². The van der Waals surface area contributed by atoms with E-state index in [4.69, 9.17) is 16.3 Å². The molecule has 158 valence electrons. The fraction of sp³-hybridized carbons (Fsp3) is 0.100. The Bertz CT molecular complexity index is 1190. The summed E-state index contributed by atoms with van der Waals surface area (Å²) in [5.74, 6) is -1.78. The van der Waals surface area contributed by atoms with E-state index in [-0.39, 0.29) is 19.0 Å². The summed E-state index contributed by atoms with van der Waals surface area (Å²) in [6.45, 7) is 0.393. The number of carbonyl (C=O) groups excluding carboxylic acids is 1. The second-order valence-corrected chi connectivity index (χ2v) is 6.75. The van der Waals surface area contributed by atoms with Crippen molar-refractivity contribution in [2.45, 2.75) is 13.2 Å². The monoisotopic (exact) mass is 445 g/mol. The van der Waals surface area contributed by atoms with Crippen LogP contribution in [-0.4, -0.2) is 25.8 Å². The average Bonchev–Trinajstić information content (AvgIpc) is 3.40. The first-order valence-electron chi connectivity index (χ1n) is 8.95. The lowest BCUT2D eigenvalue weighted by atomic mass is 10.2. The molecule has 0 spiro atoms. The lowest BCUT2D eigenvalue weighted by Gasteiger charge is -2.09. The van der Waals surface area contributed by atoms with Gasteiger partial charge in [0.15, 0.2) is 12.4 Å². The number of anilines is 1. The number of aromatic nitrogens is 4. The van der Waals surface area contributed by atoms with Crippen LogP contribution in [0, 0.1) is 11.6 Å². The van der Waals surface area contributed by atoms with Crippen LogP contribution in [0.15, 0.2) is 59.6 Å². The van der Waals surface area contributed by atoms with Gasteiger partial charge in [-0.3, -0.25) is 9.48 Å². The molecule has 2 aromatic heterocycles. The van der Waals surface area contributed by atoms with Crippen LogP contribution >= 0.6 is 11.6 Å². The highest BCUT2D eigenvalue weighted by Crippen LogP contribution is 2.24. The summed E-state index contributed by atoms with van der Waals surface area (Å²) < 4.78 is 39.3. The van der Waals surface area contributed by atoms with Gasteiger partial charge in [-0.15, -0.1) is 0 Å². The summed E-state index contributed by atoms with van der Waals surface area (Å²) in [4.78, 5) is 16.1. The van der Waals surface area contributed by atoms with Crippen molar-refractivity contribution < 1.29 is 22.8 Å². The van der Waals surface area contributed by atoms with Gasteiger partial charge in [-0.05, 0) is 35.9 Å². The molecule has 4 rings (SSSR count). The number of hydrogen-bond acceptors (Lipinski definition) is 6. The molecule has 0 aliphatic rings. The quantitative estimate of drug-likeness (QED) is 0.460. The predicted octanol–water partition coefficient (Wildman–Crippen LogP) is 4.08. The largest absolute Gasteiger partial charge is 0.485 e. The number of amides is 1. The lowest BCUT2D eigenvalue weighted by Crippen LogP contribution is -2.16. The number of nitrogens with zero attached hydrogens (tertiary/aromatic N) is 4. The van der Waals surface area contributed by atoms with Crippen LogP contribution in [0.2, 0.25) is 5.02 Å². The number of benzene rings is 2. The molecule has 0 aliphatic heterocycles. The fourth-order valence-electron chi connectivity index (χ4n) is 2.75.